The molecule has 0 heterocycles. The summed E-state index contributed by atoms with van der Waals surface area (Å²) in [5, 5.41) is 8.89. The van der Waals surface area contributed by atoms with Crippen molar-refractivity contribution in [1.29, 1.82) is 0 Å². The maximum atomic E-state index is 11.5. The Morgan fingerprint density at radius 1 is 1.14 bits per heavy atom. The number of aliphatic imine (C=N–C) groups is 1. The van der Waals surface area contributed by atoms with Gasteiger partial charge in [-0.3, -0.25) is 4.99 Å². The van der Waals surface area contributed by atoms with Gasteiger partial charge >= 0.3 is 0 Å². The van der Waals surface area contributed by atoms with E-state index < -0.39 is 9.84 Å². The molecule has 1 fully saturated rings. The van der Waals surface area contributed by atoms with E-state index in [-0.39, 0.29) is 35.1 Å². The molecule has 0 saturated heterocycles. The molecule has 2 aromatic rings. The molecule has 6 nitrogen and oxygen atoms in total. The Labute approximate surface area is 190 Å². The van der Waals surface area contributed by atoms with Gasteiger partial charge in [0, 0.05) is 31.8 Å². The number of fused-ring (bicyclic) bond motifs is 1. The fraction of sp³-hybridized carbons (Fsp3) is 0.476. The van der Waals surface area contributed by atoms with E-state index in [9.17, 15) is 8.42 Å². The fourth-order valence-electron chi connectivity index (χ4n) is 3.32. The molecule has 8 heteroatoms. The highest BCUT2D eigenvalue weighted by atomic mass is 127. The van der Waals surface area contributed by atoms with Gasteiger partial charge in [-0.1, -0.05) is 30.3 Å². The van der Waals surface area contributed by atoms with Crippen molar-refractivity contribution in [1.82, 2.24) is 10.6 Å². The van der Waals surface area contributed by atoms with Crippen molar-refractivity contribution < 1.29 is 13.2 Å². The lowest BCUT2D eigenvalue weighted by molar-refractivity contribution is 0.311. The van der Waals surface area contributed by atoms with Gasteiger partial charge in [-0.15, -0.1) is 24.0 Å². The summed E-state index contributed by atoms with van der Waals surface area (Å²) < 4.78 is 28.9. The second-order valence-electron chi connectivity index (χ2n) is 7.63. The predicted octanol–water partition coefficient (Wildman–Crippen LogP) is 3.22. The van der Waals surface area contributed by atoms with Crippen molar-refractivity contribution in [3.8, 4) is 5.75 Å². The Morgan fingerprint density at radius 3 is 2.52 bits per heavy atom. The van der Waals surface area contributed by atoms with Crippen LogP contribution in [0, 0.1) is 5.41 Å². The van der Waals surface area contributed by atoms with Crippen molar-refractivity contribution in [3.63, 3.8) is 0 Å². The molecule has 3 rings (SSSR count). The van der Waals surface area contributed by atoms with Crippen LogP contribution in [-0.2, 0) is 9.84 Å². The SMILES string of the molecule is CN=C(NCCCOc1ccc2ccccc2c1)NCC1(CS(C)(=O)=O)CC1.I. The number of benzene rings is 2. The second-order valence-corrected chi connectivity index (χ2v) is 9.77. The van der Waals surface area contributed by atoms with Crippen LogP contribution in [0.5, 0.6) is 5.75 Å². The second kappa shape index (κ2) is 10.5. The molecule has 1 aliphatic carbocycles. The number of nitrogens with one attached hydrogen (secondary N) is 2. The summed E-state index contributed by atoms with van der Waals surface area (Å²) in [4.78, 5) is 4.21. The summed E-state index contributed by atoms with van der Waals surface area (Å²) in [6, 6.07) is 14.3. The monoisotopic (exact) mass is 531 g/mol. The van der Waals surface area contributed by atoms with Gasteiger partial charge in [0.1, 0.15) is 15.6 Å². The molecule has 1 saturated carbocycles. The summed E-state index contributed by atoms with van der Waals surface area (Å²) >= 11 is 0. The Balaban J connectivity index is 0.00000300. The summed E-state index contributed by atoms with van der Waals surface area (Å²) in [5.41, 5.74) is -0.121. The van der Waals surface area contributed by atoms with Crippen LogP contribution in [0.25, 0.3) is 10.8 Å². The summed E-state index contributed by atoms with van der Waals surface area (Å²) in [6.07, 6.45) is 4.03. The van der Waals surface area contributed by atoms with Crippen molar-refractivity contribution in [2.75, 3.05) is 38.8 Å². The Morgan fingerprint density at radius 2 is 1.86 bits per heavy atom. The summed E-state index contributed by atoms with van der Waals surface area (Å²) in [7, 11) is -1.24. The zero-order valence-corrected chi connectivity index (χ0v) is 20.1. The van der Waals surface area contributed by atoms with E-state index in [1.54, 1.807) is 7.05 Å². The largest absolute Gasteiger partial charge is 0.494 e. The van der Waals surface area contributed by atoms with E-state index in [4.69, 9.17) is 4.74 Å². The van der Waals surface area contributed by atoms with Gasteiger partial charge < -0.3 is 15.4 Å². The standard InChI is InChI=1S/C21H29N3O3S.HI/c1-22-20(24-15-21(10-11-21)16-28(2,25)26)23-12-5-13-27-19-9-8-17-6-3-4-7-18(17)14-19;/h3-4,6-9,14H,5,10-13,15-16H2,1-2H3,(H2,22,23,24);1H. The number of sulfone groups is 1. The third-order valence-corrected chi connectivity index (χ3v) is 6.12. The van der Waals surface area contributed by atoms with E-state index in [2.05, 4.69) is 39.9 Å². The maximum Gasteiger partial charge on any atom is 0.190 e. The zero-order chi connectivity index (χ0) is 20.0. The minimum Gasteiger partial charge on any atom is -0.494 e. The lowest BCUT2D eigenvalue weighted by atomic mass is 10.1. The van der Waals surface area contributed by atoms with Gasteiger partial charge in [-0.05, 0) is 42.2 Å². The highest BCUT2D eigenvalue weighted by Crippen LogP contribution is 2.45. The maximum absolute atomic E-state index is 11.5. The predicted molar refractivity (Wildman–Crippen MR) is 130 cm³/mol. The van der Waals surface area contributed by atoms with Crippen LogP contribution >= 0.6 is 24.0 Å². The zero-order valence-electron chi connectivity index (χ0n) is 17.0. The molecule has 0 bridgehead atoms. The first-order valence-electron chi connectivity index (χ1n) is 9.63. The number of ether oxygens (including phenoxy) is 1. The number of guanidine groups is 1. The van der Waals surface area contributed by atoms with Gasteiger partial charge in [0.25, 0.3) is 0 Å². The first-order chi connectivity index (χ1) is 13.4. The molecule has 0 spiro atoms. The van der Waals surface area contributed by atoms with E-state index in [0.717, 1.165) is 31.6 Å². The lowest BCUT2D eigenvalue weighted by Crippen LogP contribution is -2.42. The van der Waals surface area contributed by atoms with E-state index in [0.29, 0.717) is 19.1 Å². The number of rotatable bonds is 9. The first-order valence-corrected chi connectivity index (χ1v) is 11.7. The third kappa shape index (κ3) is 7.65. The molecular weight excluding hydrogens is 501 g/mol. The number of hydrogen-bond donors (Lipinski definition) is 2. The van der Waals surface area contributed by atoms with E-state index in [1.807, 2.05) is 18.2 Å². The molecule has 160 valence electrons. The topological polar surface area (TPSA) is 79.8 Å². The minimum absolute atomic E-state index is 0. The highest BCUT2D eigenvalue weighted by molar-refractivity contribution is 14.0. The number of halogens is 1. The minimum atomic E-state index is -2.96. The molecule has 2 N–H and O–H groups in total. The molecule has 0 aromatic heterocycles. The molecule has 0 aliphatic heterocycles. The molecular formula is C21H30IN3O3S. The fourth-order valence-corrected chi connectivity index (χ4v) is 4.83. The van der Waals surface area contributed by atoms with Gasteiger partial charge in [-0.2, -0.15) is 0 Å². The van der Waals surface area contributed by atoms with Crippen LogP contribution in [0.4, 0.5) is 0 Å². The Bertz CT molecular complexity index is 943. The molecule has 2 aromatic carbocycles. The van der Waals surface area contributed by atoms with E-state index in [1.165, 1.54) is 17.0 Å². The lowest BCUT2D eigenvalue weighted by Gasteiger charge is -2.17. The average Bonchev–Trinajstić information content (AvgIpc) is 3.41. The van der Waals surface area contributed by atoms with Gasteiger partial charge in [0.05, 0.1) is 12.4 Å². The first kappa shape index (κ1) is 23.7. The van der Waals surface area contributed by atoms with Crippen LogP contribution < -0.4 is 15.4 Å². The normalized spacial score (nSPS) is 15.4. The Kier molecular flexibility index (Phi) is 8.57. The van der Waals surface area contributed by atoms with Gasteiger partial charge in [-0.25, -0.2) is 8.42 Å². The molecule has 0 atom stereocenters. The smallest absolute Gasteiger partial charge is 0.190 e. The van der Waals surface area contributed by atoms with Crippen LogP contribution in [0.3, 0.4) is 0 Å². The Hall–Kier alpha value is -1.55. The summed E-state index contributed by atoms with van der Waals surface area (Å²) in [5.74, 6) is 1.81. The van der Waals surface area contributed by atoms with Gasteiger partial charge in [0.15, 0.2) is 5.96 Å². The molecule has 1 aliphatic rings. The van der Waals surface area contributed by atoms with Crippen LogP contribution in [0.2, 0.25) is 0 Å². The third-order valence-electron chi connectivity index (χ3n) is 4.98. The van der Waals surface area contributed by atoms with Crippen molar-refractivity contribution in [2.24, 2.45) is 10.4 Å². The van der Waals surface area contributed by atoms with Crippen molar-refractivity contribution in [2.45, 2.75) is 19.3 Å². The number of nitrogens with zero attached hydrogens (tertiary/aromatic N) is 1. The molecule has 29 heavy (non-hydrogen) atoms. The van der Waals surface area contributed by atoms with Crippen molar-refractivity contribution in [3.05, 3.63) is 42.5 Å². The van der Waals surface area contributed by atoms with Crippen LogP contribution in [0.1, 0.15) is 19.3 Å². The van der Waals surface area contributed by atoms with E-state index >= 15 is 0 Å². The van der Waals surface area contributed by atoms with Gasteiger partial charge in [0.2, 0.25) is 0 Å². The van der Waals surface area contributed by atoms with Crippen molar-refractivity contribution >= 4 is 50.5 Å². The number of hydrogen-bond acceptors (Lipinski definition) is 4. The molecule has 0 unspecified atom stereocenters. The van der Waals surface area contributed by atoms with Crippen LogP contribution in [0.15, 0.2) is 47.5 Å². The summed E-state index contributed by atoms with van der Waals surface area (Å²) in [6.45, 7) is 1.97. The molecule has 0 radical (unpaired) electrons. The quantitative estimate of drug-likeness (QED) is 0.225. The molecule has 0 amide bonds. The van der Waals surface area contributed by atoms with Crippen LogP contribution in [-0.4, -0.2) is 53.1 Å². The highest BCUT2D eigenvalue weighted by Gasteiger charge is 2.45. The average molecular weight is 531 g/mol.